The van der Waals surface area contributed by atoms with Gasteiger partial charge in [0.25, 0.3) is 0 Å². The number of hydrogen-bond acceptors (Lipinski definition) is 5. The van der Waals surface area contributed by atoms with Crippen molar-refractivity contribution in [3.63, 3.8) is 0 Å². The van der Waals surface area contributed by atoms with Crippen molar-refractivity contribution in [1.82, 2.24) is 15.5 Å². The van der Waals surface area contributed by atoms with Crippen LogP contribution in [0, 0.1) is 17.8 Å². The molecule has 2 bridgehead atoms. The molecule has 0 radical (unpaired) electrons. The molecule has 3 N–H and O–H groups in total. The first-order valence-electron chi connectivity index (χ1n) is 13.5. The Morgan fingerprint density at radius 3 is 2.44 bits per heavy atom. The Bertz CT molecular complexity index is 797. The minimum absolute atomic E-state index is 0.0427. The maximum atomic E-state index is 14.1. The fourth-order valence-corrected chi connectivity index (χ4v) is 7.22. The van der Waals surface area contributed by atoms with Gasteiger partial charge in [0.2, 0.25) is 17.7 Å². The second-order valence-electron chi connectivity index (χ2n) is 11.2. The molecule has 8 nitrogen and oxygen atoms in total. The van der Waals surface area contributed by atoms with Gasteiger partial charge >= 0.3 is 0 Å². The monoisotopic (exact) mass is 477 g/mol. The van der Waals surface area contributed by atoms with Crippen molar-refractivity contribution in [1.29, 1.82) is 0 Å². The average molecular weight is 478 g/mol. The summed E-state index contributed by atoms with van der Waals surface area (Å²) >= 11 is 0. The molecule has 4 fully saturated rings. The van der Waals surface area contributed by atoms with Crippen LogP contribution >= 0.6 is 0 Å². The first kappa shape index (κ1) is 25.4. The van der Waals surface area contributed by atoms with E-state index in [0.29, 0.717) is 25.8 Å². The minimum atomic E-state index is -1.03. The Kier molecular flexibility index (Phi) is 7.30. The van der Waals surface area contributed by atoms with Crippen LogP contribution in [0.2, 0.25) is 0 Å². The Morgan fingerprint density at radius 2 is 1.85 bits per heavy atom. The topological polar surface area (TPSA) is 108 Å². The Hall–Kier alpha value is -1.67. The van der Waals surface area contributed by atoms with E-state index in [2.05, 4.69) is 10.6 Å². The number of carbonyl (C=O) groups excluding carboxylic acids is 3. The molecule has 0 aromatic carbocycles. The number of aliphatic hydroxyl groups excluding tert-OH is 1. The number of nitrogens with one attached hydrogen (secondary N) is 2. The lowest BCUT2D eigenvalue weighted by Gasteiger charge is -2.39. The molecule has 3 amide bonds. The van der Waals surface area contributed by atoms with Crippen LogP contribution in [0.5, 0.6) is 0 Å². The molecule has 4 rings (SSSR count). The smallest absolute Gasteiger partial charge is 0.246 e. The molecule has 2 unspecified atom stereocenters. The number of hydrogen-bond donors (Lipinski definition) is 3. The van der Waals surface area contributed by atoms with Gasteiger partial charge in [-0.2, -0.15) is 0 Å². The molecule has 8 heteroatoms. The highest BCUT2D eigenvalue weighted by Crippen LogP contribution is 2.64. The second kappa shape index (κ2) is 9.76. The van der Waals surface area contributed by atoms with Crippen LogP contribution in [-0.2, 0) is 19.1 Å². The van der Waals surface area contributed by atoms with E-state index in [1.165, 1.54) is 6.42 Å². The molecular formula is C26H43N3O5. The number of nitrogens with zero attached hydrogens (tertiary/aromatic N) is 1. The Labute approximate surface area is 203 Å². The molecule has 0 aromatic heterocycles. The van der Waals surface area contributed by atoms with Crippen LogP contribution < -0.4 is 10.6 Å². The maximum Gasteiger partial charge on any atom is 0.246 e. The van der Waals surface area contributed by atoms with Crippen molar-refractivity contribution >= 4 is 17.7 Å². The second-order valence-corrected chi connectivity index (χ2v) is 11.2. The van der Waals surface area contributed by atoms with Crippen LogP contribution in [-0.4, -0.2) is 70.2 Å². The number of amides is 3. The maximum absolute atomic E-state index is 14.1. The predicted molar refractivity (Wildman–Crippen MR) is 128 cm³/mol. The quantitative estimate of drug-likeness (QED) is 0.472. The number of likely N-dealkylation sites (tertiary alicyclic amines) is 1. The highest BCUT2D eigenvalue weighted by Gasteiger charge is 2.79. The molecule has 3 saturated heterocycles. The molecule has 0 aromatic rings. The van der Waals surface area contributed by atoms with Gasteiger partial charge in [0, 0.05) is 12.6 Å². The molecule has 3 aliphatic heterocycles. The van der Waals surface area contributed by atoms with Gasteiger partial charge in [-0.1, -0.05) is 47.0 Å². The molecule has 3 heterocycles. The van der Waals surface area contributed by atoms with E-state index >= 15 is 0 Å². The fraction of sp³-hybridized carbons (Fsp3) is 0.885. The number of aliphatic hydroxyl groups is 1. The lowest BCUT2D eigenvalue weighted by atomic mass is 9.65. The lowest BCUT2D eigenvalue weighted by Crippen LogP contribution is -2.60. The molecule has 4 aliphatic rings. The van der Waals surface area contributed by atoms with Crippen LogP contribution in [0.3, 0.4) is 0 Å². The average Bonchev–Trinajstić information content (AvgIpc) is 3.42. The summed E-state index contributed by atoms with van der Waals surface area (Å²) < 4.78 is 6.77. The van der Waals surface area contributed by atoms with Gasteiger partial charge in [0.15, 0.2) is 0 Å². The first-order chi connectivity index (χ1) is 16.3. The van der Waals surface area contributed by atoms with E-state index < -0.39 is 35.1 Å². The summed E-state index contributed by atoms with van der Waals surface area (Å²) in [6.07, 6.45) is 7.90. The van der Waals surface area contributed by atoms with Crippen molar-refractivity contribution in [2.75, 3.05) is 13.2 Å². The third kappa shape index (κ3) is 3.85. The van der Waals surface area contributed by atoms with Gasteiger partial charge in [0.1, 0.15) is 11.6 Å². The molecule has 1 saturated carbocycles. The molecule has 1 aliphatic carbocycles. The summed E-state index contributed by atoms with van der Waals surface area (Å²) in [7, 11) is 0. The van der Waals surface area contributed by atoms with E-state index in [1.807, 2.05) is 27.7 Å². The minimum Gasteiger partial charge on any atom is -0.394 e. The summed E-state index contributed by atoms with van der Waals surface area (Å²) in [6.45, 7) is 8.22. The van der Waals surface area contributed by atoms with E-state index in [9.17, 15) is 19.5 Å². The number of carbonyl (C=O) groups is 3. The highest BCUT2D eigenvalue weighted by molar-refractivity contribution is 5.99. The SMILES string of the molecule is CCCNC(=O)[C@@H]1[C@H]2C(=O)N([C@@H](CO)C(C)C)C(C(=O)NC3CCCCC3)C23CC[C@@]1(CC)O3. The zero-order valence-electron chi connectivity index (χ0n) is 21.3. The molecule has 1 spiro atoms. The molecule has 6 atom stereocenters. The molecular weight excluding hydrogens is 434 g/mol. The van der Waals surface area contributed by atoms with Gasteiger partial charge in [-0.3, -0.25) is 14.4 Å². The third-order valence-corrected chi connectivity index (χ3v) is 8.96. The van der Waals surface area contributed by atoms with Crippen LogP contribution in [0.15, 0.2) is 0 Å². The van der Waals surface area contributed by atoms with Crippen LogP contribution in [0.4, 0.5) is 0 Å². The van der Waals surface area contributed by atoms with Crippen LogP contribution in [0.25, 0.3) is 0 Å². The molecule has 34 heavy (non-hydrogen) atoms. The zero-order chi connectivity index (χ0) is 24.7. The highest BCUT2D eigenvalue weighted by atomic mass is 16.5. The number of rotatable bonds is 9. The van der Waals surface area contributed by atoms with E-state index in [0.717, 1.165) is 32.1 Å². The van der Waals surface area contributed by atoms with Crippen molar-refractivity contribution in [2.24, 2.45) is 17.8 Å². The van der Waals surface area contributed by atoms with E-state index in [4.69, 9.17) is 4.74 Å². The van der Waals surface area contributed by atoms with Crippen molar-refractivity contribution in [3.05, 3.63) is 0 Å². The van der Waals surface area contributed by atoms with Crippen molar-refractivity contribution in [2.45, 2.75) is 115 Å². The summed E-state index contributed by atoms with van der Waals surface area (Å²) in [5.41, 5.74) is -1.75. The summed E-state index contributed by atoms with van der Waals surface area (Å²) in [6, 6.07) is -1.24. The number of fused-ring (bicyclic) bond motifs is 1. The van der Waals surface area contributed by atoms with Crippen LogP contribution in [0.1, 0.15) is 85.5 Å². The summed E-state index contributed by atoms with van der Waals surface area (Å²) in [5.74, 6) is -1.92. The van der Waals surface area contributed by atoms with Crippen molar-refractivity contribution in [3.8, 4) is 0 Å². The third-order valence-electron chi connectivity index (χ3n) is 8.96. The standard InChI is InChI=1S/C26H43N3O5/c1-5-14-27-22(31)19-20-24(33)29(18(15-30)16(3)4)21(23(32)28-17-10-8-7-9-11-17)26(20)13-12-25(19,6-2)34-26/h16-21,30H,5-15H2,1-4H3,(H,27,31)(H,28,32)/t18-,19-,20-,21?,25+,26?/m0/s1. The van der Waals surface area contributed by atoms with Gasteiger partial charge in [-0.15, -0.1) is 0 Å². The Morgan fingerprint density at radius 1 is 1.15 bits per heavy atom. The van der Waals surface area contributed by atoms with E-state index in [-0.39, 0.29) is 36.3 Å². The number of ether oxygens (including phenoxy) is 1. The summed E-state index contributed by atoms with van der Waals surface area (Å²) in [5, 5.41) is 16.5. The van der Waals surface area contributed by atoms with Crippen molar-refractivity contribution < 1.29 is 24.2 Å². The predicted octanol–water partition coefficient (Wildman–Crippen LogP) is 2.13. The van der Waals surface area contributed by atoms with Gasteiger partial charge in [-0.25, -0.2) is 0 Å². The van der Waals surface area contributed by atoms with Gasteiger partial charge in [-0.05, 0) is 44.4 Å². The van der Waals surface area contributed by atoms with E-state index in [1.54, 1.807) is 4.90 Å². The van der Waals surface area contributed by atoms with Gasteiger partial charge < -0.3 is 25.4 Å². The zero-order valence-corrected chi connectivity index (χ0v) is 21.3. The normalized spacial score (nSPS) is 36.1. The summed E-state index contributed by atoms with van der Waals surface area (Å²) in [4.78, 5) is 43.0. The molecule has 192 valence electrons. The van der Waals surface area contributed by atoms with Gasteiger partial charge in [0.05, 0.1) is 30.1 Å². The first-order valence-corrected chi connectivity index (χ1v) is 13.5. The largest absolute Gasteiger partial charge is 0.394 e. The Balaban J connectivity index is 1.74. The fourth-order valence-electron chi connectivity index (χ4n) is 7.22. The lowest BCUT2D eigenvalue weighted by molar-refractivity contribution is -0.152.